The lowest BCUT2D eigenvalue weighted by Crippen LogP contribution is -2.04. The van der Waals surface area contributed by atoms with Gasteiger partial charge in [-0.05, 0) is 36.1 Å². The molecule has 4 heteroatoms. The van der Waals surface area contributed by atoms with Crippen LogP contribution in [0.3, 0.4) is 0 Å². The Labute approximate surface area is 97.4 Å². The van der Waals surface area contributed by atoms with Crippen LogP contribution in [0.1, 0.15) is 30.9 Å². The smallest absolute Gasteiger partial charge is 0.175 e. The van der Waals surface area contributed by atoms with Gasteiger partial charge in [-0.25, -0.2) is 8.42 Å². The third kappa shape index (κ3) is 2.55. The lowest BCUT2D eigenvalue weighted by molar-refractivity contribution is 0.406. The Morgan fingerprint density at radius 3 is 2.19 bits per heavy atom. The molecule has 0 radical (unpaired) electrons. The average molecular weight is 242 g/mol. The van der Waals surface area contributed by atoms with Crippen LogP contribution in [-0.2, 0) is 9.84 Å². The third-order valence-corrected chi connectivity index (χ3v) is 3.79. The van der Waals surface area contributed by atoms with Crippen molar-refractivity contribution >= 4 is 9.84 Å². The van der Waals surface area contributed by atoms with Crippen LogP contribution < -0.4 is 4.74 Å². The molecule has 3 nitrogen and oxygen atoms in total. The number of rotatable bonds is 3. The molecular formula is C12H18O3S. The second-order valence-corrected chi connectivity index (χ2v) is 6.27. The molecule has 0 fully saturated rings. The lowest BCUT2D eigenvalue weighted by atomic mass is 10.0. The van der Waals surface area contributed by atoms with Crippen molar-refractivity contribution in [3.05, 3.63) is 23.3 Å². The quantitative estimate of drug-likeness (QED) is 0.818. The van der Waals surface area contributed by atoms with E-state index in [2.05, 4.69) is 0 Å². The largest absolute Gasteiger partial charge is 0.496 e. The van der Waals surface area contributed by atoms with E-state index in [0.717, 1.165) is 16.9 Å². The first kappa shape index (κ1) is 13.0. The number of hydrogen-bond acceptors (Lipinski definition) is 3. The maximum absolute atomic E-state index is 11.6. The van der Waals surface area contributed by atoms with Crippen LogP contribution in [0.2, 0.25) is 0 Å². The fourth-order valence-corrected chi connectivity index (χ4v) is 2.69. The predicted octanol–water partition coefficient (Wildman–Crippen LogP) is 2.53. The van der Waals surface area contributed by atoms with Gasteiger partial charge in [0.2, 0.25) is 0 Å². The molecule has 0 saturated carbocycles. The van der Waals surface area contributed by atoms with Gasteiger partial charge in [0.25, 0.3) is 0 Å². The monoisotopic (exact) mass is 242 g/mol. The Hall–Kier alpha value is -1.03. The van der Waals surface area contributed by atoms with Crippen LogP contribution in [0.25, 0.3) is 0 Å². The van der Waals surface area contributed by atoms with Gasteiger partial charge in [-0.3, -0.25) is 0 Å². The van der Waals surface area contributed by atoms with E-state index >= 15 is 0 Å². The van der Waals surface area contributed by atoms with Crippen LogP contribution in [0, 0.1) is 6.92 Å². The van der Waals surface area contributed by atoms with Gasteiger partial charge in [0.05, 0.1) is 12.0 Å². The van der Waals surface area contributed by atoms with Gasteiger partial charge in [-0.1, -0.05) is 13.8 Å². The minimum Gasteiger partial charge on any atom is -0.496 e. The SMILES string of the molecule is COc1cc(C)c(S(C)(=O)=O)cc1C(C)C. The maximum Gasteiger partial charge on any atom is 0.175 e. The van der Waals surface area contributed by atoms with Gasteiger partial charge in [0.1, 0.15) is 5.75 Å². The highest BCUT2D eigenvalue weighted by molar-refractivity contribution is 7.90. The normalized spacial score (nSPS) is 11.9. The number of sulfone groups is 1. The molecule has 0 atom stereocenters. The summed E-state index contributed by atoms with van der Waals surface area (Å²) in [7, 11) is -1.57. The van der Waals surface area contributed by atoms with E-state index < -0.39 is 9.84 Å². The molecule has 0 aliphatic carbocycles. The molecule has 0 saturated heterocycles. The summed E-state index contributed by atoms with van der Waals surface area (Å²) in [6.45, 7) is 5.81. The van der Waals surface area contributed by atoms with Crippen molar-refractivity contribution in [2.24, 2.45) is 0 Å². The summed E-state index contributed by atoms with van der Waals surface area (Å²) in [4.78, 5) is 0.386. The molecular weight excluding hydrogens is 224 g/mol. The lowest BCUT2D eigenvalue weighted by Gasteiger charge is -2.15. The molecule has 1 aromatic carbocycles. The van der Waals surface area contributed by atoms with E-state index in [1.54, 1.807) is 26.2 Å². The number of hydrogen-bond donors (Lipinski definition) is 0. The summed E-state index contributed by atoms with van der Waals surface area (Å²) >= 11 is 0. The maximum atomic E-state index is 11.6. The molecule has 0 spiro atoms. The first-order valence-corrected chi connectivity index (χ1v) is 7.05. The van der Waals surface area contributed by atoms with E-state index in [1.807, 2.05) is 13.8 Å². The highest BCUT2D eigenvalue weighted by Gasteiger charge is 2.16. The Morgan fingerprint density at radius 1 is 1.25 bits per heavy atom. The fourth-order valence-electron chi connectivity index (χ4n) is 1.70. The van der Waals surface area contributed by atoms with E-state index in [1.165, 1.54) is 6.26 Å². The van der Waals surface area contributed by atoms with Crippen LogP contribution in [0.5, 0.6) is 5.75 Å². The molecule has 1 rings (SSSR count). The van der Waals surface area contributed by atoms with Gasteiger partial charge in [0, 0.05) is 6.26 Å². The number of methoxy groups -OCH3 is 1. The Bertz CT molecular complexity index is 487. The molecule has 0 heterocycles. The molecule has 0 aromatic heterocycles. The molecule has 0 N–H and O–H groups in total. The van der Waals surface area contributed by atoms with Crippen molar-refractivity contribution in [1.29, 1.82) is 0 Å². The van der Waals surface area contributed by atoms with Crippen molar-refractivity contribution in [3.63, 3.8) is 0 Å². The zero-order chi connectivity index (χ0) is 12.5. The summed E-state index contributed by atoms with van der Waals surface area (Å²) in [5.74, 6) is 0.982. The second-order valence-electron chi connectivity index (χ2n) is 4.29. The molecule has 0 bridgehead atoms. The van der Waals surface area contributed by atoms with Crippen molar-refractivity contribution in [3.8, 4) is 5.75 Å². The zero-order valence-corrected chi connectivity index (χ0v) is 11.2. The van der Waals surface area contributed by atoms with E-state index in [0.29, 0.717) is 4.90 Å². The number of ether oxygens (including phenoxy) is 1. The highest BCUT2D eigenvalue weighted by atomic mass is 32.2. The second kappa shape index (κ2) is 4.45. The summed E-state index contributed by atoms with van der Waals surface area (Å²) < 4.78 is 28.4. The molecule has 0 amide bonds. The molecule has 0 unspecified atom stereocenters. The summed E-state index contributed by atoms with van der Waals surface area (Å²) in [6, 6.07) is 3.50. The molecule has 0 aliphatic rings. The van der Waals surface area contributed by atoms with Gasteiger partial charge in [0.15, 0.2) is 9.84 Å². The number of benzene rings is 1. The molecule has 0 aliphatic heterocycles. The zero-order valence-electron chi connectivity index (χ0n) is 10.4. The minimum absolute atomic E-state index is 0.232. The van der Waals surface area contributed by atoms with E-state index in [-0.39, 0.29) is 5.92 Å². The summed E-state index contributed by atoms with van der Waals surface area (Å²) in [5, 5.41) is 0. The Kier molecular flexibility index (Phi) is 3.63. The first-order chi connectivity index (χ1) is 7.27. The van der Waals surface area contributed by atoms with Crippen molar-refractivity contribution in [2.45, 2.75) is 31.6 Å². The van der Waals surface area contributed by atoms with Crippen LogP contribution in [0.15, 0.2) is 17.0 Å². The minimum atomic E-state index is -3.17. The summed E-state index contributed by atoms with van der Waals surface area (Å²) in [5.41, 5.74) is 1.65. The predicted molar refractivity (Wildman–Crippen MR) is 64.9 cm³/mol. The van der Waals surface area contributed by atoms with Crippen molar-refractivity contribution in [2.75, 3.05) is 13.4 Å². The van der Waals surface area contributed by atoms with E-state index in [9.17, 15) is 8.42 Å². The molecule has 90 valence electrons. The fraction of sp³-hybridized carbons (Fsp3) is 0.500. The molecule has 1 aromatic rings. The van der Waals surface area contributed by atoms with Gasteiger partial charge in [-0.2, -0.15) is 0 Å². The van der Waals surface area contributed by atoms with Gasteiger partial charge < -0.3 is 4.74 Å². The first-order valence-electron chi connectivity index (χ1n) is 5.16. The Balaban J connectivity index is 3.52. The Morgan fingerprint density at radius 2 is 1.81 bits per heavy atom. The molecule has 16 heavy (non-hydrogen) atoms. The summed E-state index contributed by atoms with van der Waals surface area (Å²) in [6.07, 6.45) is 1.23. The van der Waals surface area contributed by atoms with Crippen molar-refractivity contribution < 1.29 is 13.2 Å². The highest BCUT2D eigenvalue weighted by Crippen LogP contribution is 2.31. The van der Waals surface area contributed by atoms with Crippen LogP contribution in [0.4, 0.5) is 0 Å². The van der Waals surface area contributed by atoms with E-state index in [4.69, 9.17) is 4.74 Å². The average Bonchev–Trinajstić information content (AvgIpc) is 2.14. The van der Waals surface area contributed by atoms with Gasteiger partial charge in [-0.15, -0.1) is 0 Å². The third-order valence-electron chi connectivity index (χ3n) is 2.55. The van der Waals surface area contributed by atoms with Crippen molar-refractivity contribution in [1.82, 2.24) is 0 Å². The van der Waals surface area contributed by atoms with Crippen LogP contribution >= 0.6 is 0 Å². The topological polar surface area (TPSA) is 43.4 Å². The van der Waals surface area contributed by atoms with Crippen LogP contribution in [-0.4, -0.2) is 21.8 Å². The van der Waals surface area contributed by atoms with Gasteiger partial charge >= 0.3 is 0 Å². The standard InChI is InChI=1S/C12H18O3S/c1-8(2)10-7-12(16(5,13)14)9(3)6-11(10)15-4/h6-8H,1-5H3. The number of aryl methyl sites for hydroxylation is 1.